The number of ketones is 2. The molecule has 56 heavy (non-hydrogen) atoms. The number of nitrogens with zero attached hydrogens (tertiary/aromatic N) is 4. The number of aliphatic hydroxyl groups excluding tert-OH is 3. The minimum absolute atomic E-state index is 0.0154. The number of phosphoric acid groups is 3. The summed E-state index contributed by atoms with van der Waals surface area (Å²) in [6.45, 7) is 2.77. The van der Waals surface area contributed by atoms with E-state index < -0.39 is 71.9 Å². The van der Waals surface area contributed by atoms with Crippen LogP contribution >= 0.6 is 23.5 Å². The minimum Gasteiger partial charge on any atom is -0.393 e. The second-order valence-electron chi connectivity index (χ2n) is 15.9. The largest absolute Gasteiger partial charge is 0.490 e. The molecule has 2 aromatic heterocycles. The van der Waals surface area contributed by atoms with Crippen molar-refractivity contribution in [3.8, 4) is 0 Å². The highest BCUT2D eigenvalue weighted by molar-refractivity contribution is 7.66. The molecular formula is C31H48N5O17P3. The summed E-state index contributed by atoms with van der Waals surface area (Å²) >= 11 is 0. The lowest BCUT2D eigenvalue weighted by molar-refractivity contribution is -0.180. The number of carbonyl (C=O) groups is 2. The number of phosphoric ester groups is 1. The van der Waals surface area contributed by atoms with Crippen LogP contribution in [0.25, 0.3) is 11.2 Å². The highest BCUT2D eigenvalue weighted by atomic mass is 31.3. The zero-order valence-corrected chi connectivity index (χ0v) is 33.2. The van der Waals surface area contributed by atoms with E-state index in [1.165, 1.54) is 17.2 Å². The molecule has 7 rings (SSSR count). The number of fused-ring (bicyclic) bond motifs is 6. The Morgan fingerprint density at radius 1 is 1.00 bits per heavy atom. The number of hydrogen-bond donors (Lipinski definition) is 9. The van der Waals surface area contributed by atoms with E-state index >= 15 is 0 Å². The maximum Gasteiger partial charge on any atom is 0.490 e. The van der Waals surface area contributed by atoms with Gasteiger partial charge in [-0.3, -0.25) is 18.7 Å². The molecule has 314 valence electrons. The number of anilines is 1. The van der Waals surface area contributed by atoms with Crippen LogP contribution in [-0.2, 0) is 41.2 Å². The molecule has 5 aliphatic rings. The molecule has 2 unspecified atom stereocenters. The van der Waals surface area contributed by atoms with E-state index in [9.17, 15) is 48.6 Å². The van der Waals surface area contributed by atoms with Gasteiger partial charge in [0, 0.05) is 24.2 Å². The lowest BCUT2D eigenvalue weighted by atomic mass is 9.44. The fourth-order valence-electron chi connectivity index (χ4n) is 10.3. The third kappa shape index (κ3) is 8.22. The molecule has 0 spiro atoms. The van der Waals surface area contributed by atoms with E-state index in [2.05, 4.69) is 35.0 Å². The molecule has 1 aliphatic heterocycles. The Kier molecular flexibility index (Phi) is 12.0. The predicted octanol–water partition coefficient (Wildman–Crippen LogP) is 1.26. The Balaban J connectivity index is 0.000000191. The topological polar surface area (TPSA) is 354 Å². The highest BCUT2D eigenvalue weighted by Gasteiger charge is 2.68. The molecule has 2 aromatic rings. The normalized spacial score (nSPS) is 39.1. The smallest absolute Gasteiger partial charge is 0.393 e. The Hall–Kier alpha value is -2.10. The van der Waals surface area contributed by atoms with E-state index in [4.69, 9.17) is 25.2 Å². The summed E-state index contributed by atoms with van der Waals surface area (Å²) in [5, 5.41) is 40.9. The number of carbonyl (C=O) groups excluding carboxylic acids is 2. The molecule has 13 atom stereocenters. The SMILES string of the molecule is C[C@]12CC[C@@H](O)C[C@H]1CC[C@@H]1[C@@H]2C(=O)C[C@@]2(C)[C@H]1CC[C@]2(O)C(=O)CO.Nc1ncnc2c1ncn2[C@@H]1O[C@H](COP(=O)(O)OP(=O)(O)OP(=O)(O)O)C[C@H]1O. The average Bonchev–Trinajstić information content (AvgIpc) is 3.76. The number of nitrogen functional groups attached to an aromatic ring is 1. The van der Waals surface area contributed by atoms with E-state index in [1.807, 2.05) is 6.92 Å². The maximum absolute atomic E-state index is 13.4. The number of hydrogen-bond acceptors (Lipinski definition) is 17. The van der Waals surface area contributed by atoms with Gasteiger partial charge >= 0.3 is 23.5 Å². The van der Waals surface area contributed by atoms with E-state index in [-0.39, 0.29) is 64.9 Å². The Bertz CT molecular complexity index is 1980. The number of Topliss-reactive ketones (excluding diaryl/α,β-unsaturated/α-hetero) is 2. The number of nitrogens with two attached hydrogens (primary N) is 1. The minimum atomic E-state index is -5.62. The first-order valence-corrected chi connectivity index (χ1v) is 22.6. The van der Waals surface area contributed by atoms with Crippen LogP contribution in [-0.4, -0.2) is 108 Å². The molecule has 22 nitrogen and oxygen atoms in total. The monoisotopic (exact) mass is 855 g/mol. The second-order valence-corrected chi connectivity index (χ2v) is 20.3. The van der Waals surface area contributed by atoms with Gasteiger partial charge in [0.25, 0.3) is 0 Å². The Morgan fingerprint density at radius 2 is 1.71 bits per heavy atom. The first-order chi connectivity index (χ1) is 25.9. The lowest BCUT2D eigenvalue weighted by Gasteiger charge is -2.60. The summed E-state index contributed by atoms with van der Waals surface area (Å²) in [7, 11) is -16.4. The van der Waals surface area contributed by atoms with Crippen LogP contribution < -0.4 is 5.73 Å². The van der Waals surface area contributed by atoms with Crippen LogP contribution in [0.3, 0.4) is 0 Å². The van der Waals surface area contributed by atoms with Crippen LogP contribution in [0.15, 0.2) is 12.7 Å². The molecule has 1 saturated heterocycles. The summed E-state index contributed by atoms with van der Waals surface area (Å²) in [5.74, 6) is 0.487. The molecule has 5 fully saturated rings. The van der Waals surface area contributed by atoms with Crippen molar-refractivity contribution in [1.29, 1.82) is 0 Å². The molecular weight excluding hydrogens is 807 g/mol. The number of aliphatic hydroxyl groups is 4. The summed E-state index contributed by atoms with van der Waals surface area (Å²) in [4.78, 5) is 73.1. The Labute approximate surface area is 320 Å². The first kappa shape index (κ1) is 43.5. The molecule has 4 aliphatic carbocycles. The van der Waals surface area contributed by atoms with Crippen LogP contribution in [0.2, 0.25) is 0 Å². The van der Waals surface area contributed by atoms with Gasteiger partial charge < -0.3 is 50.5 Å². The number of aromatic nitrogens is 4. The molecule has 0 bridgehead atoms. The average molecular weight is 856 g/mol. The van der Waals surface area contributed by atoms with Gasteiger partial charge in [-0.05, 0) is 68.1 Å². The van der Waals surface area contributed by atoms with Crippen molar-refractivity contribution in [3.05, 3.63) is 12.7 Å². The molecule has 0 aromatic carbocycles. The third-order valence-corrected chi connectivity index (χ3v) is 16.6. The molecule has 10 N–H and O–H groups in total. The highest BCUT2D eigenvalue weighted by Crippen LogP contribution is 2.68. The van der Waals surface area contributed by atoms with Gasteiger partial charge in [0.05, 0.1) is 25.1 Å². The van der Waals surface area contributed by atoms with Gasteiger partial charge in [0.15, 0.2) is 23.5 Å². The lowest BCUT2D eigenvalue weighted by Crippen LogP contribution is -2.62. The van der Waals surface area contributed by atoms with Crippen molar-refractivity contribution < 1.29 is 81.2 Å². The van der Waals surface area contributed by atoms with Crippen molar-refractivity contribution in [2.75, 3.05) is 18.9 Å². The van der Waals surface area contributed by atoms with Crippen LogP contribution in [0.1, 0.15) is 77.9 Å². The van der Waals surface area contributed by atoms with E-state index in [0.29, 0.717) is 12.3 Å². The van der Waals surface area contributed by atoms with Crippen molar-refractivity contribution in [2.24, 2.45) is 34.5 Å². The van der Waals surface area contributed by atoms with Crippen LogP contribution in [0.4, 0.5) is 5.82 Å². The molecule has 25 heteroatoms. The zero-order chi connectivity index (χ0) is 41.2. The van der Waals surface area contributed by atoms with Gasteiger partial charge in [-0.25, -0.2) is 28.6 Å². The van der Waals surface area contributed by atoms with Crippen LogP contribution in [0.5, 0.6) is 0 Å². The molecule has 3 heterocycles. The van der Waals surface area contributed by atoms with E-state index in [0.717, 1.165) is 38.5 Å². The van der Waals surface area contributed by atoms with E-state index in [1.54, 1.807) is 0 Å². The molecule has 0 radical (unpaired) electrons. The maximum atomic E-state index is 13.4. The molecule has 4 saturated carbocycles. The fraction of sp³-hybridized carbons (Fsp3) is 0.774. The Morgan fingerprint density at radius 3 is 2.39 bits per heavy atom. The fourth-order valence-corrected chi connectivity index (χ4v) is 13.3. The zero-order valence-electron chi connectivity index (χ0n) is 30.5. The standard InChI is InChI=1S/C21H32O5.C10H16N5O12P3/c1-19-7-5-13(23)9-12(19)3-4-14-15-6-8-21(26,17(25)11-22)20(15,2)10-16(24)18(14)19;11-8-7-9(13-3-12-8)15(4-14-7)10-6(16)1-5(25-10)2-24-29(20,21)27-30(22,23)26-28(17,18)19/h12-15,18,22-23,26H,3-11H2,1-2H3;3-6,10,16H,1-2H2,(H,20,21)(H,22,23)(H2,11,12,13)(H2,17,18,19)/t12-,13-,14+,15+,18-,19+,20+,21+;5-,6+,10+/m10/s1. The van der Waals surface area contributed by atoms with Crippen LogP contribution in [0, 0.1) is 34.5 Å². The quantitative estimate of drug-likeness (QED) is 0.152. The summed E-state index contributed by atoms with van der Waals surface area (Å²) in [5.41, 5.74) is 3.82. The summed E-state index contributed by atoms with van der Waals surface area (Å²) in [6.07, 6.45) is 4.76. The first-order valence-electron chi connectivity index (χ1n) is 18.1. The van der Waals surface area contributed by atoms with Crippen molar-refractivity contribution >= 4 is 52.0 Å². The second kappa shape index (κ2) is 15.5. The predicted molar refractivity (Wildman–Crippen MR) is 189 cm³/mol. The third-order valence-electron chi connectivity index (χ3n) is 12.7. The number of rotatable bonds is 10. The number of imidazole rings is 1. The van der Waals surface area contributed by atoms with Crippen molar-refractivity contribution in [3.63, 3.8) is 0 Å². The van der Waals surface area contributed by atoms with Gasteiger partial charge in [-0.15, -0.1) is 0 Å². The van der Waals surface area contributed by atoms with Gasteiger partial charge in [-0.1, -0.05) is 13.8 Å². The summed E-state index contributed by atoms with van der Waals surface area (Å²) < 4.78 is 52.3. The number of ether oxygens (including phenoxy) is 1. The summed E-state index contributed by atoms with van der Waals surface area (Å²) in [6, 6.07) is 0. The van der Waals surface area contributed by atoms with Gasteiger partial charge in [0.2, 0.25) is 0 Å². The molecule has 0 amide bonds. The van der Waals surface area contributed by atoms with Gasteiger partial charge in [0.1, 0.15) is 35.9 Å². The van der Waals surface area contributed by atoms with Crippen molar-refractivity contribution in [1.82, 2.24) is 19.5 Å². The van der Waals surface area contributed by atoms with Crippen molar-refractivity contribution in [2.45, 2.75) is 102 Å². The van der Waals surface area contributed by atoms with Gasteiger partial charge in [-0.2, -0.15) is 8.62 Å².